The molecule has 2 aliphatic rings. The largest absolute Gasteiger partial charge is 0.351 e. The van der Waals surface area contributed by atoms with Gasteiger partial charge in [-0.2, -0.15) is 0 Å². The van der Waals surface area contributed by atoms with E-state index in [1.165, 1.54) is 32.5 Å². The normalized spacial score (nSPS) is 15.4. The van der Waals surface area contributed by atoms with Crippen LogP contribution in [-0.2, 0) is 0 Å². The van der Waals surface area contributed by atoms with Gasteiger partial charge in [0.25, 0.3) is 11.8 Å². The second-order valence-corrected chi connectivity index (χ2v) is 14.1. The van der Waals surface area contributed by atoms with Gasteiger partial charge in [0.15, 0.2) is 0 Å². The van der Waals surface area contributed by atoms with Gasteiger partial charge in [0.05, 0.1) is 5.69 Å². The summed E-state index contributed by atoms with van der Waals surface area (Å²) in [4.78, 5) is 32.7. The monoisotopic (exact) mass is 636 g/mol. The van der Waals surface area contributed by atoms with Crippen molar-refractivity contribution in [2.75, 3.05) is 16.8 Å². The zero-order valence-electron chi connectivity index (χ0n) is 28.3. The predicted molar refractivity (Wildman–Crippen MR) is 205 cm³/mol. The van der Waals surface area contributed by atoms with Gasteiger partial charge in [0.2, 0.25) is 0 Å². The third-order valence-electron chi connectivity index (χ3n) is 10.6. The minimum Gasteiger partial charge on any atom is -0.351 e. The number of benzene rings is 7. The Bertz CT molecular complexity index is 2530. The fourth-order valence-corrected chi connectivity index (χ4v) is 8.29. The van der Waals surface area contributed by atoms with Crippen molar-refractivity contribution >= 4 is 77.9 Å². The lowest BCUT2D eigenvalue weighted by atomic mass is 9.83. The summed E-state index contributed by atoms with van der Waals surface area (Å²) in [6.07, 6.45) is 6.58. The number of amides is 2. The van der Waals surface area contributed by atoms with Gasteiger partial charge in [-0.15, -0.1) is 0 Å². The molecule has 0 saturated carbocycles. The summed E-state index contributed by atoms with van der Waals surface area (Å²) >= 11 is 0. The van der Waals surface area contributed by atoms with Crippen molar-refractivity contribution in [1.82, 2.24) is 0 Å². The second kappa shape index (κ2) is 10.6. The highest BCUT2D eigenvalue weighted by Gasteiger charge is 2.38. The van der Waals surface area contributed by atoms with Crippen LogP contribution in [0.3, 0.4) is 0 Å². The van der Waals surface area contributed by atoms with E-state index in [4.69, 9.17) is 0 Å². The molecule has 0 aromatic heterocycles. The molecule has 0 spiro atoms. The summed E-state index contributed by atoms with van der Waals surface area (Å²) in [7, 11) is 2.08. The topological polar surface area (TPSA) is 40.6 Å². The van der Waals surface area contributed by atoms with Crippen molar-refractivity contribution in [1.29, 1.82) is 0 Å². The van der Waals surface area contributed by atoms with Crippen LogP contribution in [0, 0.1) is 0 Å². The number of hydrogen-bond donors (Lipinski definition) is 0. The Morgan fingerprint density at radius 2 is 1.12 bits per heavy atom. The average Bonchev–Trinajstić information content (AvgIpc) is 3.11. The zero-order valence-corrected chi connectivity index (χ0v) is 28.3. The molecule has 7 aromatic carbocycles. The van der Waals surface area contributed by atoms with Gasteiger partial charge in [0.1, 0.15) is 0 Å². The summed E-state index contributed by atoms with van der Waals surface area (Å²) in [6, 6.07) is 33.6. The van der Waals surface area contributed by atoms with Crippen LogP contribution in [0.15, 0.2) is 109 Å². The molecule has 0 unspecified atom stereocenters. The van der Waals surface area contributed by atoms with E-state index in [1.807, 2.05) is 30.3 Å². The molecule has 4 heteroatoms. The van der Waals surface area contributed by atoms with Gasteiger partial charge in [-0.05, 0) is 102 Å². The number of hydrogen-bond acceptors (Lipinski definition) is 3. The van der Waals surface area contributed by atoms with Crippen molar-refractivity contribution in [3.8, 4) is 0 Å². The van der Waals surface area contributed by atoms with E-state index in [2.05, 4.69) is 125 Å². The number of allylic oxidation sites excluding steroid dienone is 2. The third-order valence-corrected chi connectivity index (χ3v) is 10.6. The molecule has 0 radical (unpaired) electrons. The molecule has 0 fully saturated rings. The molecule has 7 aromatic rings. The molecule has 2 heterocycles. The van der Waals surface area contributed by atoms with Crippen LogP contribution >= 0.6 is 0 Å². The minimum absolute atomic E-state index is 0.147. The standard InChI is InChI=1S/C45H36N2O2/c1-25(2)29-11-8-12-30(26(3)4)43(29)47-44(48)37-20-18-35-33-14-9-13-32-27(24-28-22-23-46(5)39-15-7-6-10-31(28)39)16-17-34(40(32)33)36-19-21-38(45(47)49)42(37)41(35)36/h6-26H,1-5H3/b28-24+. The Labute approximate surface area is 285 Å². The van der Waals surface area contributed by atoms with Crippen LogP contribution in [-0.4, -0.2) is 18.9 Å². The first-order valence-electron chi connectivity index (χ1n) is 17.1. The van der Waals surface area contributed by atoms with Crippen LogP contribution < -0.4 is 9.80 Å². The van der Waals surface area contributed by atoms with E-state index in [-0.39, 0.29) is 23.7 Å². The van der Waals surface area contributed by atoms with Crippen LogP contribution in [0.5, 0.6) is 0 Å². The Morgan fingerprint density at radius 3 is 1.80 bits per heavy atom. The summed E-state index contributed by atoms with van der Waals surface area (Å²) in [6.45, 7) is 8.46. The highest BCUT2D eigenvalue weighted by molar-refractivity contribution is 6.42. The zero-order chi connectivity index (χ0) is 33.7. The third kappa shape index (κ3) is 4.10. The molecule has 2 aliphatic heterocycles. The first kappa shape index (κ1) is 29.4. The highest BCUT2D eigenvalue weighted by atomic mass is 16.2. The van der Waals surface area contributed by atoms with E-state index in [9.17, 15) is 9.59 Å². The van der Waals surface area contributed by atoms with Gasteiger partial charge in [-0.3, -0.25) is 9.59 Å². The lowest BCUT2D eigenvalue weighted by molar-refractivity contribution is 0.0893. The Hall–Kier alpha value is -5.74. The summed E-state index contributed by atoms with van der Waals surface area (Å²) in [5.41, 5.74) is 8.62. The Balaban J connectivity index is 1.28. The number of nitrogens with zero attached hydrogens (tertiary/aromatic N) is 2. The first-order valence-corrected chi connectivity index (χ1v) is 17.1. The van der Waals surface area contributed by atoms with Crippen molar-refractivity contribution in [2.24, 2.45) is 0 Å². The molecule has 9 rings (SSSR count). The lowest BCUT2D eigenvalue weighted by Crippen LogP contribution is -2.41. The van der Waals surface area contributed by atoms with Gasteiger partial charge in [-0.1, -0.05) is 107 Å². The first-order chi connectivity index (χ1) is 23.7. The molecule has 49 heavy (non-hydrogen) atoms. The Morgan fingerprint density at radius 1 is 0.551 bits per heavy atom. The summed E-state index contributed by atoms with van der Waals surface area (Å²) < 4.78 is 0. The van der Waals surface area contributed by atoms with E-state index in [0.29, 0.717) is 11.1 Å². The average molecular weight is 637 g/mol. The quantitative estimate of drug-likeness (QED) is 0.110. The fourth-order valence-electron chi connectivity index (χ4n) is 8.29. The number of imide groups is 1. The smallest absolute Gasteiger partial charge is 0.266 e. The number of fused-ring (bicyclic) bond motifs is 3. The molecule has 0 N–H and O–H groups in total. The number of anilines is 2. The number of rotatable bonds is 4. The van der Waals surface area contributed by atoms with Crippen LogP contribution in [0.4, 0.5) is 11.4 Å². The van der Waals surface area contributed by atoms with Crippen molar-refractivity contribution < 1.29 is 9.59 Å². The van der Waals surface area contributed by atoms with Crippen LogP contribution in [0.1, 0.15) is 82.5 Å². The maximum Gasteiger partial charge on any atom is 0.266 e. The number of carbonyl (C=O) groups is 2. The molecular weight excluding hydrogens is 601 g/mol. The molecule has 4 nitrogen and oxygen atoms in total. The van der Waals surface area contributed by atoms with E-state index in [1.54, 1.807) is 0 Å². The summed E-state index contributed by atoms with van der Waals surface area (Å²) in [5.74, 6) is -0.218. The van der Waals surface area contributed by atoms with Gasteiger partial charge >= 0.3 is 0 Å². The second-order valence-electron chi connectivity index (χ2n) is 14.1. The number of para-hydroxylation sites is 2. The van der Waals surface area contributed by atoms with Crippen LogP contribution in [0.2, 0.25) is 0 Å². The van der Waals surface area contributed by atoms with Crippen molar-refractivity contribution in [3.63, 3.8) is 0 Å². The van der Waals surface area contributed by atoms with Gasteiger partial charge in [0, 0.05) is 41.0 Å². The molecule has 0 atom stereocenters. The highest BCUT2D eigenvalue weighted by Crippen LogP contribution is 2.47. The van der Waals surface area contributed by atoms with Gasteiger partial charge < -0.3 is 4.90 Å². The van der Waals surface area contributed by atoms with E-state index in [0.717, 1.165) is 54.7 Å². The fraction of sp³-hybridized carbons (Fsp3) is 0.156. The molecule has 238 valence electrons. The molecule has 0 saturated heterocycles. The Kier molecular flexibility index (Phi) is 6.38. The lowest BCUT2D eigenvalue weighted by Gasteiger charge is -2.32. The van der Waals surface area contributed by atoms with E-state index >= 15 is 0 Å². The minimum atomic E-state index is -0.256. The van der Waals surface area contributed by atoms with Crippen molar-refractivity contribution in [2.45, 2.75) is 39.5 Å². The predicted octanol–water partition coefficient (Wildman–Crippen LogP) is 11.3. The molecule has 0 aliphatic carbocycles. The number of carbonyl (C=O) groups excluding carboxylic acids is 2. The maximum atomic E-state index is 14.6. The van der Waals surface area contributed by atoms with Crippen LogP contribution in [0.25, 0.3) is 54.7 Å². The summed E-state index contributed by atoms with van der Waals surface area (Å²) in [5, 5.41) is 8.48. The molecular formula is C45H36N2O2. The maximum absolute atomic E-state index is 14.6. The van der Waals surface area contributed by atoms with Crippen molar-refractivity contribution in [3.05, 3.63) is 143 Å². The van der Waals surface area contributed by atoms with E-state index < -0.39 is 0 Å². The van der Waals surface area contributed by atoms with Gasteiger partial charge in [-0.25, -0.2) is 4.90 Å². The SMILES string of the molecule is CC(C)c1cccc(C(C)C)c1N1C(=O)c2ccc3c4cccc5c(/C=C6\C=CN(C)c7ccccc76)ccc(c6ccc(c2c36)C1=O)c54. The molecule has 2 amide bonds. The molecule has 0 bridgehead atoms.